The van der Waals surface area contributed by atoms with Crippen LogP contribution >= 0.6 is 0 Å². The third kappa shape index (κ3) is 2.10. The lowest BCUT2D eigenvalue weighted by Gasteiger charge is -2.30. The first-order valence-corrected chi connectivity index (χ1v) is 6.79. The van der Waals surface area contributed by atoms with E-state index >= 15 is 0 Å². The number of nitrogens with two attached hydrogens (primary N) is 1. The highest BCUT2D eigenvalue weighted by atomic mass is 19.1. The van der Waals surface area contributed by atoms with Crippen molar-refractivity contribution in [3.63, 3.8) is 0 Å². The number of nitrogen functional groups attached to an aromatic ring is 1. The molecular formula is C14H19FN4O. The maximum absolute atomic E-state index is 13.7. The molecule has 0 aliphatic carbocycles. The van der Waals surface area contributed by atoms with Crippen LogP contribution in [0.1, 0.15) is 18.9 Å². The average molecular weight is 278 g/mol. The van der Waals surface area contributed by atoms with Crippen molar-refractivity contribution in [2.75, 3.05) is 33.0 Å². The van der Waals surface area contributed by atoms with Crippen LogP contribution in [0.3, 0.4) is 0 Å². The van der Waals surface area contributed by atoms with E-state index in [4.69, 9.17) is 10.5 Å². The fraction of sp³-hybridized carbons (Fsp3) is 0.500. The number of benzene rings is 1. The van der Waals surface area contributed by atoms with Crippen molar-refractivity contribution in [1.82, 2.24) is 14.5 Å². The number of methoxy groups -OCH3 is 1. The summed E-state index contributed by atoms with van der Waals surface area (Å²) in [5.74, 6) is 0.266. The van der Waals surface area contributed by atoms with E-state index in [1.54, 1.807) is 6.07 Å². The standard InChI is InChI=1S/C14H19FN4O/c1-18-5-3-9(4-6-18)19-12-8-13(20-2)10(15)7-11(12)17-14(19)16/h7-9H,3-6H2,1-2H3,(H2,16,17). The van der Waals surface area contributed by atoms with Gasteiger partial charge in [0, 0.05) is 18.2 Å². The fourth-order valence-corrected chi connectivity index (χ4v) is 2.91. The second-order valence-electron chi connectivity index (χ2n) is 5.35. The number of fused-ring (bicyclic) bond motifs is 1. The lowest BCUT2D eigenvalue weighted by atomic mass is 10.1. The molecule has 0 spiro atoms. The van der Waals surface area contributed by atoms with Crippen LogP contribution in [0.25, 0.3) is 11.0 Å². The number of hydrogen-bond acceptors (Lipinski definition) is 4. The van der Waals surface area contributed by atoms with E-state index in [0.29, 0.717) is 17.5 Å². The van der Waals surface area contributed by atoms with Gasteiger partial charge in [-0.05, 0) is 33.0 Å². The molecule has 6 heteroatoms. The Morgan fingerprint density at radius 3 is 2.70 bits per heavy atom. The van der Waals surface area contributed by atoms with E-state index in [-0.39, 0.29) is 5.75 Å². The number of rotatable bonds is 2. The van der Waals surface area contributed by atoms with Crippen molar-refractivity contribution in [3.8, 4) is 5.75 Å². The number of hydrogen-bond donors (Lipinski definition) is 1. The maximum atomic E-state index is 13.7. The van der Waals surface area contributed by atoms with E-state index < -0.39 is 5.82 Å². The first kappa shape index (κ1) is 13.2. The van der Waals surface area contributed by atoms with Crippen molar-refractivity contribution in [2.45, 2.75) is 18.9 Å². The minimum absolute atomic E-state index is 0.228. The van der Waals surface area contributed by atoms with Crippen LogP contribution in [-0.4, -0.2) is 41.7 Å². The van der Waals surface area contributed by atoms with Crippen molar-refractivity contribution in [1.29, 1.82) is 0 Å². The third-order valence-corrected chi connectivity index (χ3v) is 4.04. The molecule has 0 saturated carbocycles. The Balaban J connectivity index is 2.07. The fourth-order valence-electron chi connectivity index (χ4n) is 2.91. The van der Waals surface area contributed by atoms with Gasteiger partial charge in [0.1, 0.15) is 0 Å². The maximum Gasteiger partial charge on any atom is 0.201 e. The van der Waals surface area contributed by atoms with Crippen molar-refractivity contribution in [3.05, 3.63) is 17.9 Å². The van der Waals surface area contributed by atoms with Crippen LogP contribution in [0, 0.1) is 5.82 Å². The highest BCUT2D eigenvalue weighted by molar-refractivity contribution is 5.80. The zero-order valence-electron chi connectivity index (χ0n) is 11.8. The summed E-state index contributed by atoms with van der Waals surface area (Å²) in [6.07, 6.45) is 2.04. The molecule has 108 valence electrons. The van der Waals surface area contributed by atoms with Gasteiger partial charge in [-0.3, -0.25) is 0 Å². The van der Waals surface area contributed by atoms with Crippen LogP contribution in [0.4, 0.5) is 10.3 Å². The van der Waals surface area contributed by atoms with Crippen molar-refractivity contribution in [2.24, 2.45) is 0 Å². The van der Waals surface area contributed by atoms with Gasteiger partial charge >= 0.3 is 0 Å². The average Bonchev–Trinajstić information content (AvgIpc) is 2.74. The number of piperidine rings is 1. The van der Waals surface area contributed by atoms with E-state index in [0.717, 1.165) is 31.4 Å². The van der Waals surface area contributed by atoms with Gasteiger partial charge in [0.05, 0.1) is 18.1 Å². The molecule has 1 aliphatic heterocycles. The Labute approximate surface area is 117 Å². The van der Waals surface area contributed by atoms with E-state index in [1.807, 2.05) is 4.57 Å². The smallest absolute Gasteiger partial charge is 0.201 e. The Morgan fingerprint density at radius 1 is 1.35 bits per heavy atom. The Kier molecular flexibility index (Phi) is 3.25. The zero-order chi connectivity index (χ0) is 14.3. The van der Waals surface area contributed by atoms with Crippen LogP contribution in [0.5, 0.6) is 5.75 Å². The van der Waals surface area contributed by atoms with Crippen LogP contribution in [-0.2, 0) is 0 Å². The van der Waals surface area contributed by atoms with Gasteiger partial charge in [-0.15, -0.1) is 0 Å². The molecular weight excluding hydrogens is 259 g/mol. The lowest BCUT2D eigenvalue weighted by molar-refractivity contribution is 0.225. The van der Waals surface area contributed by atoms with Gasteiger partial charge in [0.15, 0.2) is 11.6 Å². The molecule has 0 bridgehead atoms. The molecule has 0 atom stereocenters. The van der Waals surface area contributed by atoms with Crippen LogP contribution in [0.2, 0.25) is 0 Å². The number of nitrogens with zero attached hydrogens (tertiary/aromatic N) is 3. The first-order valence-electron chi connectivity index (χ1n) is 6.79. The van der Waals surface area contributed by atoms with E-state index in [2.05, 4.69) is 16.9 Å². The molecule has 3 rings (SSSR count). The molecule has 2 N–H and O–H groups in total. The molecule has 2 aromatic rings. The predicted molar refractivity (Wildman–Crippen MR) is 76.4 cm³/mol. The number of likely N-dealkylation sites (tertiary alicyclic amines) is 1. The normalized spacial score (nSPS) is 17.8. The molecule has 1 saturated heterocycles. The number of ether oxygens (including phenoxy) is 1. The topological polar surface area (TPSA) is 56.3 Å². The van der Waals surface area contributed by atoms with Gasteiger partial charge in [0.2, 0.25) is 5.95 Å². The third-order valence-electron chi connectivity index (χ3n) is 4.04. The molecule has 1 aromatic heterocycles. The number of halogens is 1. The molecule has 1 fully saturated rings. The minimum Gasteiger partial charge on any atom is -0.494 e. The van der Waals surface area contributed by atoms with Gasteiger partial charge < -0.3 is 19.9 Å². The summed E-state index contributed by atoms with van der Waals surface area (Å²) in [5.41, 5.74) is 7.46. The molecule has 20 heavy (non-hydrogen) atoms. The molecule has 0 unspecified atom stereocenters. The molecule has 2 heterocycles. The van der Waals surface area contributed by atoms with Crippen molar-refractivity contribution >= 4 is 17.0 Å². The van der Waals surface area contributed by atoms with Crippen LogP contribution in [0.15, 0.2) is 12.1 Å². The van der Waals surface area contributed by atoms with Gasteiger partial charge in [-0.1, -0.05) is 0 Å². The monoisotopic (exact) mass is 278 g/mol. The largest absolute Gasteiger partial charge is 0.494 e. The first-order chi connectivity index (χ1) is 9.60. The summed E-state index contributed by atoms with van der Waals surface area (Å²) in [7, 11) is 3.58. The molecule has 1 aliphatic rings. The molecule has 0 radical (unpaired) electrons. The Hall–Kier alpha value is -1.82. The Bertz CT molecular complexity index is 632. The number of anilines is 1. The number of imidazole rings is 1. The van der Waals surface area contributed by atoms with E-state index in [1.165, 1.54) is 13.2 Å². The van der Waals surface area contributed by atoms with Gasteiger partial charge in [-0.2, -0.15) is 0 Å². The number of aromatic nitrogens is 2. The second kappa shape index (κ2) is 4.94. The molecule has 1 aromatic carbocycles. The highest BCUT2D eigenvalue weighted by Crippen LogP contribution is 2.32. The summed E-state index contributed by atoms with van der Waals surface area (Å²) in [5, 5.41) is 0. The summed E-state index contributed by atoms with van der Waals surface area (Å²) < 4.78 is 20.8. The van der Waals surface area contributed by atoms with Gasteiger partial charge in [0.25, 0.3) is 0 Å². The molecule has 5 nitrogen and oxygen atoms in total. The summed E-state index contributed by atoms with van der Waals surface area (Å²) >= 11 is 0. The molecule has 0 amide bonds. The predicted octanol–water partition coefficient (Wildman–Crippen LogP) is 2.03. The SMILES string of the molecule is COc1cc2c(cc1F)nc(N)n2C1CCN(C)CC1. The van der Waals surface area contributed by atoms with Crippen LogP contribution < -0.4 is 10.5 Å². The summed E-state index contributed by atoms with van der Waals surface area (Å²) in [4.78, 5) is 6.57. The Morgan fingerprint density at radius 2 is 2.05 bits per heavy atom. The van der Waals surface area contributed by atoms with E-state index in [9.17, 15) is 4.39 Å². The highest BCUT2D eigenvalue weighted by Gasteiger charge is 2.23. The quantitative estimate of drug-likeness (QED) is 0.913. The lowest BCUT2D eigenvalue weighted by Crippen LogP contribution is -2.31. The summed E-state index contributed by atoms with van der Waals surface area (Å²) in [6, 6.07) is 3.38. The zero-order valence-corrected chi connectivity index (χ0v) is 11.8. The van der Waals surface area contributed by atoms with Gasteiger partial charge in [-0.25, -0.2) is 9.37 Å². The minimum atomic E-state index is -0.409. The van der Waals surface area contributed by atoms with Crippen molar-refractivity contribution < 1.29 is 9.13 Å². The summed E-state index contributed by atoms with van der Waals surface area (Å²) in [6.45, 7) is 2.06. The second-order valence-corrected chi connectivity index (χ2v) is 5.35.